The molecule has 1 amide bonds. The first-order valence-corrected chi connectivity index (χ1v) is 14.4. The number of hydrogen-bond donors (Lipinski definition) is 1. The lowest BCUT2D eigenvalue weighted by Crippen LogP contribution is -2.51. The van der Waals surface area contributed by atoms with Gasteiger partial charge in [0.15, 0.2) is 5.41 Å². The summed E-state index contributed by atoms with van der Waals surface area (Å²) in [6, 6.07) is 15.5. The van der Waals surface area contributed by atoms with E-state index in [0.29, 0.717) is 11.8 Å². The predicted molar refractivity (Wildman–Crippen MR) is 139 cm³/mol. The van der Waals surface area contributed by atoms with Gasteiger partial charge < -0.3 is 5.32 Å². The van der Waals surface area contributed by atoms with Crippen LogP contribution in [-0.4, -0.2) is 11.9 Å². The number of amides is 1. The second kappa shape index (κ2) is 8.34. The first-order chi connectivity index (χ1) is 17.2. The smallest absolute Gasteiger partial charge is 0.226 e. The van der Waals surface area contributed by atoms with E-state index in [4.69, 9.17) is 0 Å². The largest absolute Gasteiger partial charge is 0.353 e. The summed E-state index contributed by atoms with van der Waals surface area (Å²) in [4.78, 5) is 14.0. The van der Waals surface area contributed by atoms with Crippen molar-refractivity contribution >= 4 is 5.91 Å². The Morgan fingerprint density at radius 1 is 0.944 bits per heavy atom. The number of benzene rings is 1. The van der Waals surface area contributed by atoms with Gasteiger partial charge in [-0.3, -0.25) is 4.79 Å². The van der Waals surface area contributed by atoms with Crippen LogP contribution in [0, 0.1) is 74.9 Å². The first kappa shape index (κ1) is 24.0. The molecule has 190 valence electrons. The van der Waals surface area contributed by atoms with Crippen molar-refractivity contribution in [3.05, 3.63) is 35.9 Å². The molecule has 0 spiro atoms. The Labute approximate surface area is 216 Å². The topological polar surface area (TPSA) is 76.7 Å². The SMILES string of the molecule is C[C@@H]1CC[C@@H](C(C)(C)c2ccccc2)[C@H](NC(=O)[C@H]2[C@H](C34CC5CC(CC(C5)C3)C4)C2(C#N)C#N)C1. The molecule has 0 aromatic heterocycles. The fraction of sp³-hybridized carbons (Fsp3) is 0.719. The lowest BCUT2D eigenvalue weighted by atomic mass is 9.47. The molecule has 6 aliphatic rings. The summed E-state index contributed by atoms with van der Waals surface area (Å²) in [6.07, 6.45) is 10.6. The number of hydrogen-bond acceptors (Lipinski definition) is 3. The summed E-state index contributed by atoms with van der Waals surface area (Å²) in [5.74, 6) is 2.54. The molecular formula is C32H41N3O. The molecule has 0 saturated heterocycles. The highest BCUT2D eigenvalue weighted by Gasteiger charge is 2.78. The van der Waals surface area contributed by atoms with Gasteiger partial charge >= 0.3 is 0 Å². The summed E-state index contributed by atoms with van der Waals surface area (Å²) < 4.78 is 0. The molecule has 6 saturated carbocycles. The molecule has 6 aliphatic carbocycles. The van der Waals surface area contributed by atoms with Gasteiger partial charge in [0.05, 0.1) is 18.1 Å². The highest BCUT2D eigenvalue weighted by Crippen LogP contribution is 2.75. The maximum atomic E-state index is 14.0. The van der Waals surface area contributed by atoms with Crippen molar-refractivity contribution in [2.75, 3.05) is 0 Å². The van der Waals surface area contributed by atoms with Crippen molar-refractivity contribution in [1.82, 2.24) is 5.32 Å². The van der Waals surface area contributed by atoms with E-state index in [-0.39, 0.29) is 28.7 Å². The van der Waals surface area contributed by atoms with Crippen LogP contribution in [-0.2, 0) is 10.2 Å². The molecule has 4 bridgehead atoms. The lowest BCUT2D eigenvalue weighted by molar-refractivity contribution is -0.126. The zero-order valence-corrected chi connectivity index (χ0v) is 22.2. The van der Waals surface area contributed by atoms with E-state index in [2.05, 4.69) is 68.6 Å². The molecule has 36 heavy (non-hydrogen) atoms. The summed E-state index contributed by atoms with van der Waals surface area (Å²) in [5.41, 5.74) is 0.139. The third-order valence-electron chi connectivity index (χ3n) is 11.5. The van der Waals surface area contributed by atoms with Crippen LogP contribution >= 0.6 is 0 Å². The molecule has 0 heterocycles. The third-order valence-corrected chi connectivity index (χ3v) is 11.5. The van der Waals surface area contributed by atoms with Gasteiger partial charge in [0.2, 0.25) is 5.91 Å². The first-order valence-electron chi connectivity index (χ1n) is 14.4. The van der Waals surface area contributed by atoms with E-state index in [9.17, 15) is 15.3 Å². The average molecular weight is 484 g/mol. The molecule has 4 heteroatoms. The predicted octanol–water partition coefficient (Wildman–Crippen LogP) is 6.38. The highest BCUT2D eigenvalue weighted by atomic mass is 16.2. The van der Waals surface area contributed by atoms with Crippen molar-refractivity contribution in [2.45, 2.75) is 90.0 Å². The molecule has 0 aliphatic heterocycles. The second-order valence-electron chi connectivity index (χ2n) is 14.1. The Balaban J connectivity index is 1.26. The highest BCUT2D eigenvalue weighted by molar-refractivity contribution is 5.86. The molecule has 6 fully saturated rings. The molecule has 1 N–H and O–H groups in total. The zero-order chi connectivity index (χ0) is 25.3. The van der Waals surface area contributed by atoms with E-state index in [1.807, 2.05) is 0 Å². The zero-order valence-electron chi connectivity index (χ0n) is 22.2. The molecule has 0 unspecified atom stereocenters. The number of nitrogens with one attached hydrogen (secondary N) is 1. The summed E-state index contributed by atoms with van der Waals surface area (Å²) >= 11 is 0. The Kier molecular flexibility index (Phi) is 5.57. The second-order valence-corrected chi connectivity index (χ2v) is 14.1. The minimum atomic E-state index is -1.14. The number of nitriles is 2. The van der Waals surface area contributed by atoms with Gasteiger partial charge in [-0.25, -0.2) is 0 Å². The quantitative estimate of drug-likeness (QED) is 0.528. The van der Waals surface area contributed by atoms with Crippen molar-refractivity contribution in [3.8, 4) is 12.1 Å². The van der Waals surface area contributed by atoms with Crippen molar-refractivity contribution < 1.29 is 4.79 Å². The molecule has 0 radical (unpaired) electrons. The van der Waals surface area contributed by atoms with Gasteiger partial charge in [-0.05, 0) is 97.3 Å². The minimum absolute atomic E-state index is 0.0215. The van der Waals surface area contributed by atoms with Gasteiger partial charge in [0.1, 0.15) is 0 Å². The van der Waals surface area contributed by atoms with Crippen LogP contribution in [0.5, 0.6) is 0 Å². The van der Waals surface area contributed by atoms with Crippen molar-refractivity contribution in [3.63, 3.8) is 0 Å². The monoisotopic (exact) mass is 483 g/mol. The van der Waals surface area contributed by atoms with Gasteiger partial charge in [-0.2, -0.15) is 10.5 Å². The minimum Gasteiger partial charge on any atom is -0.353 e. The van der Waals surface area contributed by atoms with E-state index in [0.717, 1.165) is 49.9 Å². The van der Waals surface area contributed by atoms with Crippen LogP contribution in [0.1, 0.15) is 84.1 Å². The number of carbonyl (C=O) groups is 1. The molecule has 4 nitrogen and oxygen atoms in total. The normalized spacial score (nSPS) is 42.2. The fourth-order valence-electron chi connectivity index (χ4n) is 10.2. The van der Waals surface area contributed by atoms with Gasteiger partial charge in [-0.15, -0.1) is 0 Å². The Hall–Kier alpha value is -2.33. The Bertz CT molecular complexity index is 1060. The summed E-state index contributed by atoms with van der Waals surface area (Å²) in [6.45, 7) is 6.91. The molecule has 7 rings (SSSR count). The van der Waals surface area contributed by atoms with Crippen molar-refractivity contribution in [2.24, 2.45) is 52.3 Å². The Morgan fingerprint density at radius 2 is 1.53 bits per heavy atom. The molecule has 1 aromatic rings. The van der Waals surface area contributed by atoms with Gasteiger partial charge in [0.25, 0.3) is 0 Å². The molecule has 1 aromatic carbocycles. The number of nitrogens with zero attached hydrogens (tertiary/aromatic N) is 2. The van der Waals surface area contributed by atoms with Crippen LogP contribution < -0.4 is 5.32 Å². The van der Waals surface area contributed by atoms with Gasteiger partial charge in [-0.1, -0.05) is 57.5 Å². The van der Waals surface area contributed by atoms with Gasteiger partial charge in [0, 0.05) is 12.0 Å². The van der Waals surface area contributed by atoms with Crippen molar-refractivity contribution in [1.29, 1.82) is 10.5 Å². The van der Waals surface area contributed by atoms with E-state index in [1.165, 1.54) is 31.2 Å². The van der Waals surface area contributed by atoms with Crippen LogP contribution in [0.4, 0.5) is 0 Å². The average Bonchev–Trinajstić information content (AvgIpc) is 3.55. The molecular weight excluding hydrogens is 442 g/mol. The maximum Gasteiger partial charge on any atom is 0.226 e. The summed E-state index contributed by atoms with van der Waals surface area (Å²) in [5, 5.41) is 24.0. The standard InChI is InChI=1S/C32H41N3O/c1-20-9-10-25(30(2,3)24-7-5-4-6-8-24)26(11-20)35-29(36)27-28(32(27,18-33)19-34)31-15-21-12-22(16-31)14-23(13-21)17-31/h4-8,20-23,25-28H,9-17H2,1-3H3,(H,35,36)/t20-,21?,22?,23?,25-,26-,27-,28-,31?/m1/s1. The summed E-state index contributed by atoms with van der Waals surface area (Å²) in [7, 11) is 0. The van der Waals surface area contributed by atoms with E-state index >= 15 is 0 Å². The van der Waals surface area contributed by atoms with E-state index < -0.39 is 11.3 Å². The number of carbonyl (C=O) groups excluding carboxylic acids is 1. The van der Waals surface area contributed by atoms with Crippen LogP contribution in [0.25, 0.3) is 0 Å². The molecule has 5 atom stereocenters. The Morgan fingerprint density at radius 3 is 2.08 bits per heavy atom. The third kappa shape index (κ3) is 3.55. The van der Waals surface area contributed by atoms with Crippen LogP contribution in [0.15, 0.2) is 30.3 Å². The van der Waals surface area contributed by atoms with E-state index in [1.54, 1.807) is 0 Å². The van der Waals surface area contributed by atoms with Crippen LogP contribution in [0.3, 0.4) is 0 Å². The van der Waals surface area contributed by atoms with Crippen LogP contribution in [0.2, 0.25) is 0 Å². The fourth-order valence-corrected chi connectivity index (χ4v) is 10.2. The number of rotatable bonds is 5. The lowest BCUT2D eigenvalue weighted by Gasteiger charge is -2.57. The maximum absolute atomic E-state index is 14.0.